The summed E-state index contributed by atoms with van der Waals surface area (Å²) < 4.78 is 3.61. The summed E-state index contributed by atoms with van der Waals surface area (Å²) in [7, 11) is 1.98. The van der Waals surface area contributed by atoms with Crippen molar-refractivity contribution in [2.75, 3.05) is 16.8 Å². The Balaban J connectivity index is 1.71. The summed E-state index contributed by atoms with van der Waals surface area (Å²) in [6.45, 7) is 2.67. The van der Waals surface area contributed by atoms with E-state index in [1.807, 2.05) is 49.5 Å². The lowest BCUT2D eigenvalue weighted by Gasteiger charge is -2.13. The molecule has 0 saturated carbocycles. The average molecular weight is 512 g/mol. The molecule has 0 N–H and O–H groups in total. The van der Waals surface area contributed by atoms with Gasteiger partial charge < -0.3 is 4.90 Å². The van der Waals surface area contributed by atoms with Crippen molar-refractivity contribution in [3.63, 3.8) is 0 Å². The van der Waals surface area contributed by atoms with Crippen molar-refractivity contribution < 1.29 is 4.79 Å². The van der Waals surface area contributed by atoms with Gasteiger partial charge in [0.15, 0.2) is 4.32 Å². The summed E-state index contributed by atoms with van der Waals surface area (Å²) in [4.78, 5) is 32.4. The van der Waals surface area contributed by atoms with Crippen LogP contribution in [0.4, 0.5) is 11.4 Å². The monoisotopic (exact) mass is 511 g/mol. The quantitative estimate of drug-likeness (QED) is 0.490. The van der Waals surface area contributed by atoms with Crippen LogP contribution in [0.5, 0.6) is 0 Å². The van der Waals surface area contributed by atoms with Gasteiger partial charge in [0.05, 0.1) is 11.4 Å². The van der Waals surface area contributed by atoms with Gasteiger partial charge >= 0.3 is 0 Å². The molecular formula is C24H21N3O2S4. The summed E-state index contributed by atoms with van der Waals surface area (Å²) in [6.07, 6.45) is 1.82. The number of para-hydroxylation sites is 2. The van der Waals surface area contributed by atoms with Gasteiger partial charge in [-0.05, 0) is 30.7 Å². The number of benzene rings is 2. The number of carbonyl (C=O) groups is 1. The lowest BCUT2D eigenvalue weighted by atomic mass is 10.3. The van der Waals surface area contributed by atoms with Crippen molar-refractivity contribution in [1.82, 2.24) is 4.57 Å². The molecule has 5 rings (SSSR count). The van der Waals surface area contributed by atoms with Gasteiger partial charge in [0.1, 0.15) is 19.1 Å². The van der Waals surface area contributed by atoms with Crippen LogP contribution in [0.1, 0.15) is 19.8 Å². The summed E-state index contributed by atoms with van der Waals surface area (Å²) in [5.41, 5.74) is 1.78. The first kappa shape index (κ1) is 22.5. The Bertz CT molecular complexity index is 1440. The minimum absolute atomic E-state index is 0.0458. The van der Waals surface area contributed by atoms with Gasteiger partial charge in [-0.15, -0.1) is 11.3 Å². The number of carbonyl (C=O) groups excluding carboxylic acids is 1. The van der Waals surface area contributed by atoms with Crippen LogP contribution in [0.3, 0.4) is 0 Å². The molecule has 0 spiro atoms. The number of thioether (sulfide) groups is 2. The molecule has 2 aliphatic heterocycles. The fourth-order valence-corrected chi connectivity index (χ4v) is 7.76. The highest BCUT2D eigenvalue weighted by Crippen LogP contribution is 2.45. The number of nitrogens with zero attached hydrogens (tertiary/aromatic N) is 3. The second-order valence-electron chi connectivity index (χ2n) is 7.65. The van der Waals surface area contributed by atoms with E-state index in [0.717, 1.165) is 34.1 Å². The van der Waals surface area contributed by atoms with E-state index in [9.17, 15) is 9.59 Å². The number of aromatic nitrogens is 1. The van der Waals surface area contributed by atoms with Crippen molar-refractivity contribution >= 4 is 78.6 Å². The molecule has 1 aromatic heterocycles. The first-order valence-corrected chi connectivity index (χ1v) is 13.5. The molecule has 33 heavy (non-hydrogen) atoms. The zero-order valence-corrected chi connectivity index (χ0v) is 21.4. The number of hydrogen-bond donors (Lipinski definition) is 0. The fourth-order valence-electron chi connectivity index (χ4n) is 3.83. The summed E-state index contributed by atoms with van der Waals surface area (Å²) in [5.74, 6) is -0.171. The van der Waals surface area contributed by atoms with Crippen molar-refractivity contribution in [1.29, 1.82) is 0 Å². The van der Waals surface area contributed by atoms with Crippen LogP contribution >= 0.6 is 47.1 Å². The fraction of sp³-hybridized carbons (Fsp3) is 0.208. The number of fused-ring (bicyclic) bond motifs is 1. The predicted octanol–water partition coefficient (Wildman–Crippen LogP) is 4.19. The van der Waals surface area contributed by atoms with E-state index in [4.69, 9.17) is 12.2 Å². The van der Waals surface area contributed by atoms with Crippen LogP contribution in [-0.2, 0) is 11.3 Å². The molecule has 3 heterocycles. The predicted molar refractivity (Wildman–Crippen MR) is 144 cm³/mol. The Hall–Kier alpha value is -2.33. The summed E-state index contributed by atoms with van der Waals surface area (Å²) in [5, 5.41) is 0.904. The van der Waals surface area contributed by atoms with E-state index in [2.05, 4.69) is 24.0 Å². The zero-order valence-electron chi connectivity index (χ0n) is 18.1. The van der Waals surface area contributed by atoms with Gasteiger partial charge in [-0.3, -0.25) is 19.1 Å². The van der Waals surface area contributed by atoms with Crippen molar-refractivity contribution in [2.45, 2.75) is 31.2 Å². The molecule has 1 fully saturated rings. The molecule has 168 valence electrons. The highest BCUT2D eigenvalue weighted by molar-refractivity contribution is 8.31. The maximum Gasteiger partial charge on any atom is 0.273 e. The van der Waals surface area contributed by atoms with Crippen molar-refractivity contribution in [3.05, 3.63) is 74.1 Å². The number of thiocarbonyl (C=S) groups is 1. The van der Waals surface area contributed by atoms with Gasteiger partial charge in [-0.25, -0.2) is 0 Å². The molecule has 2 aliphatic rings. The SMILES string of the molecule is CCCCn1c(=O)/c(=C2/Sc3ccccc3N2C)s/c1=C1\SC(=S)N(c2ccccc2)C1=O. The number of hydrogen-bond acceptors (Lipinski definition) is 7. The Morgan fingerprint density at radius 3 is 2.42 bits per heavy atom. The lowest BCUT2D eigenvalue weighted by Crippen LogP contribution is -2.35. The number of amides is 1. The van der Waals surface area contributed by atoms with Crippen LogP contribution in [0.15, 0.2) is 64.3 Å². The smallest absolute Gasteiger partial charge is 0.273 e. The zero-order chi connectivity index (χ0) is 23.1. The third kappa shape index (κ3) is 3.86. The molecule has 0 atom stereocenters. The molecule has 1 saturated heterocycles. The van der Waals surface area contributed by atoms with Crippen LogP contribution in [0, 0.1) is 0 Å². The van der Waals surface area contributed by atoms with Gasteiger partial charge in [-0.2, -0.15) is 0 Å². The van der Waals surface area contributed by atoms with E-state index >= 15 is 0 Å². The second kappa shape index (κ2) is 9.13. The largest absolute Gasteiger partial charge is 0.337 e. The third-order valence-corrected chi connectivity index (χ3v) is 9.58. The second-order valence-corrected chi connectivity index (χ2v) is 11.3. The molecule has 3 aromatic rings. The highest BCUT2D eigenvalue weighted by atomic mass is 32.2. The maximum absolute atomic E-state index is 13.6. The maximum atomic E-state index is 13.6. The Kier molecular flexibility index (Phi) is 6.22. The van der Waals surface area contributed by atoms with Gasteiger partial charge in [0, 0.05) is 18.5 Å². The van der Waals surface area contributed by atoms with E-state index in [1.165, 1.54) is 23.1 Å². The molecule has 0 unspecified atom stereocenters. The molecular weight excluding hydrogens is 491 g/mol. The minimum Gasteiger partial charge on any atom is -0.337 e. The molecule has 0 bridgehead atoms. The highest BCUT2D eigenvalue weighted by Gasteiger charge is 2.35. The van der Waals surface area contributed by atoms with Gasteiger partial charge in [-0.1, -0.05) is 79.4 Å². The lowest BCUT2D eigenvalue weighted by molar-refractivity contribution is -0.112. The van der Waals surface area contributed by atoms with E-state index in [1.54, 1.807) is 21.2 Å². The number of unbranched alkanes of at least 4 members (excludes halogenated alkanes) is 1. The molecule has 5 nitrogen and oxygen atoms in total. The van der Waals surface area contributed by atoms with Crippen LogP contribution < -0.4 is 24.6 Å². The van der Waals surface area contributed by atoms with Crippen LogP contribution in [-0.4, -0.2) is 21.8 Å². The van der Waals surface area contributed by atoms with Crippen LogP contribution in [0.2, 0.25) is 0 Å². The molecule has 9 heteroatoms. The van der Waals surface area contributed by atoms with Crippen molar-refractivity contribution in [3.8, 4) is 0 Å². The number of thiazole rings is 1. The summed E-state index contributed by atoms with van der Waals surface area (Å²) in [6, 6.07) is 17.5. The van der Waals surface area contributed by atoms with Crippen LogP contribution in [0.25, 0.3) is 9.93 Å². The average Bonchev–Trinajstić information content (AvgIpc) is 3.43. The number of rotatable bonds is 4. The van der Waals surface area contributed by atoms with Crippen molar-refractivity contribution in [2.24, 2.45) is 0 Å². The first-order valence-electron chi connectivity index (χ1n) is 10.6. The Morgan fingerprint density at radius 2 is 1.70 bits per heavy atom. The molecule has 1 amide bonds. The normalized spacial score (nSPS) is 19.0. The standard InChI is InChI=1S/C24H21N3O2S4/c1-3-4-14-26-20(28)18(22-25(2)16-12-8-9-13-17(16)31-22)32-23(26)19-21(29)27(24(30)33-19)15-10-6-5-7-11-15/h5-13H,3-4,14H2,1-2H3/b22-18-,23-19-. The Morgan fingerprint density at radius 1 is 0.970 bits per heavy atom. The summed E-state index contributed by atoms with van der Waals surface area (Å²) >= 11 is 9.84. The molecule has 0 radical (unpaired) electrons. The third-order valence-electron chi connectivity index (χ3n) is 5.53. The topological polar surface area (TPSA) is 45.6 Å². The van der Waals surface area contributed by atoms with Gasteiger partial charge in [0.25, 0.3) is 11.5 Å². The van der Waals surface area contributed by atoms with E-state index < -0.39 is 0 Å². The Labute approximate surface area is 209 Å². The molecule has 0 aliphatic carbocycles. The minimum atomic E-state index is -0.171. The van der Waals surface area contributed by atoms with E-state index in [0.29, 0.717) is 25.0 Å². The van der Waals surface area contributed by atoms with Gasteiger partial charge in [0.2, 0.25) is 0 Å². The first-order chi connectivity index (χ1) is 16.0. The van der Waals surface area contributed by atoms with E-state index in [-0.39, 0.29) is 11.5 Å². The number of anilines is 2. The molecule has 2 aromatic carbocycles.